The van der Waals surface area contributed by atoms with Gasteiger partial charge in [-0.05, 0) is 34.0 Å². The van der Waals surface area contributed by atoms with Crippen molar-refractivity contribution in [2.24, 2.45) is 0 Å². The minimum atomic E-state index is -0.464. The Hall–Kier alpha value is -1.58. The predicted octanol–water partition coefficient (Wildman–Crippen LogP) is 2.70. The molecule has 1 aromatic rings. The molecule has 146 valence electrons. The maximum absolute atomic E-state index is 10.7. The fourth-order valence-electron chi connectivity index (χ4n) is 2.02. The first-order valence-corrected chi connectivity index (χ1v) is 10.5. The molecule has 7 nitrogen and oxygen atoms in total. The molecule has 0 fully saturated rings. The SMILES string of the molecule is C=C(C)CNC(=C[N+](=O)[O-])NCCSCc1csc(CCCN(C)C)n1. The minimum absolute atomic E-state index is 0.412. The maximum atomic E-state index is 10.7. The third kappa shape index (κ3) is 11.1. The second-order valence-corrected chi connectivity index (χ2v) is 8.31. The van der Waals surface area contributed by atoms with E-state index in [1.807, 2.05) is 6.92 Å². The van der Waals surface area contributed by atoms with Crippen LogP contribution in [-0.2, 0) is 12.2 Å². The lowest BCUT2D eigenvalue weighted by atomic mass is 10.3. The topological polar surface area (TPSA) is 83.3 Å². The number of nitrogens with one attached hydrogen (secondary N) is 2. The summed E-state index contributed by atoms with van der Waals surface area (Å²) in [5.41, 5.74) is 2.03. The average molecular weight is 400 g/mol. The van der Waals surface area contributed by atoms with Gasteiger partial charge in [0.05, 0.1) is 15.6 Å². The fourth-order valence-corrected chi connectivity index (χ4v) is 3.71. The molecule has 0 aliphatic heterocycles. The van der Waals surface area contributed by atoms with Crippen molar-refractivity contribution in [3.8, 4) is 0 Å². The molecule has 9 heteroatoms. The highest BCUT2D eigenvalue weighted by molar-refractivity contribution is 7.98. The van der Waals surface area contributed by atoms with Crippen molar-refractivity contribution < 1.29 is 4.92 Å². The van der Waals surface area contributed by atoms with Gasteiger partial charge in [-0.25, -0.2) is 4.98 Å². The van der Waals surface area contributed by atoms with Crippen LogP contribution >= 0.6 is 23.1 Å². The van der Waals surface area contributed by atoms with Gasteiger partial charge < -0.3 is 15.5 Å². The Balaban J connectivity index is 2.25. The van der Waals surface area contributed by atoms with E-state index in [1.165, 1.54) is 5.01 Å². The number of aromatic nitrogens is 1. The van der Waals surface area contributed by atoms with E-state index in [0.717, 1.165) is 48.4 Å². The molecule has 0 bridgehead atoms. The number of rotatable bonds is 14. The molecule has 0 saturated carbocycles. The molecule has 0 aliphatic rings. The van der Waals surface area contributed by atoms with E-state index in [2.05, 4.69) is 46.6 Å². The molecular formula is C17H29N5O2S2. The Labute approximate surface area is 164 Å². The van der Waals surface area contributed by atoms with Gasteiger partial charge in [-0.1, -0.05) is 12.2 Å². The fraction of sp³-hybridized carbons (Fsp3) is 0.588. The Bertz CT molecular complexity index is 602. The highest BCUT2D eigenvalue weighted by atomic mass is 32.2. The molecule has 1 heterocycles. The van der Waals surface area contributed by atoms with Gasteiger partial charge in [0, 0.05) is 36.4 Å². The van der Waals surface area contributed by atoms with Crippen LogP contribution in [0.15, 0.2) is 29.6 Å². The molecule has 0 aliphatic carbocycles. The van der Waals surface area contributed by atoms with Crippen molar-refractivity contribution in [2.75, 3.05) is 39.5 Å². The molecule has 0 unspecified atom stereocenters. The van der Waals surface area contributed by atoms with Crippen LogP contribution in [0, 0.1) is 10.1 Å². The third-order valence-corrected chi connectivity index (χ3v) is 5.17. The van der Waals surface area contributed by atoms with Crippen LogP contribution in [0.1, 0.15) is 24.0 Å². The molecule has 0 radical (unpaired) electrons. The van der Waals surface area contributed by atoms with Gasteiger partial charge in [0.15, 0.2) is 5.82 Å². The van der Waals surface area contributed by atoms with Crippen molar-refractivity contribution in [2.45, 2.75) is 25.5 Å². The molecule has 0 atom stereocenters. The van der Waals surface area contributed by atoms with Gasteiger partial charge in [0.1, 0.15) is 0 Å². The van der Waals surface area contributed by atoms with Crippen molar-refractivity contribution in [3.63, 3.8) is 0 Å². The first kappa shape index (κ1) is 22.5. The summed E-state index contributed by atoms with van der Waals surface area (Å²) < 4.78 is 0. The van der Waals surface area contributed by atoms with E-state index < -0.39 is 4.92 Å². The van der Waals surface area contributed by atoms with Crippen molar-refractivity contribution in [1.82, 2.24) is 20.5 Å². The van der Waals surface area contributed by atoms with Gasteiger partial charge in [0.25, 0.3) is 6.20 Å². The van der Waals surface area contributed by atoms with Crippen LogP contribution in [-0.4, -0.2) is 54.3 Å². The van der Waals surface area contributed by atoms with Crippen LogP contribution in [0.25, 0.3) is 0 Å². The van der Waals surface area contributed by atoms with Gasteiger partial charge >= 0.3 is 0 Å². The molecule has 0 saturated heterocycles. The van der Waals surface area contributed by atoms with E-state index in [0.29, 0.717) is 18.9 Å². The summed E-state index contributed by atoms with van der Waals surface area (Å²) in [7, 11) is 4.16. The number of thioether (sulfide) groups is 1. The van der Waals surface area contributed by atoms with Crippen LogP contribution in [0.4, 0.5) is 0 Å². The van der Waals surface area contributed by atoms with Gasteiger partial charge in [-0.2, -0.15) is 11.8 Å². The smallest absolute Gasteiger partial charge is 0.274 e. The summed E-state index contributed by atoms with van der Waals surface area (Å²) in [4.78, 5) is 17.0. The molecule has 1 rings (SSSR count). The summed E-state index contributed by atoms with van der Waals surface area (Å²) in [6, 6.07) is 0. The van der Waals surface area contributed by atoms with Gasteiger partial charge in [-0.15, -0.1) is 11.3 Å². The van der Waals surface area contributed by atoms with Gasteiger partial charge in [0.2, 0.25) is 0 Å². The van der Waals surface area contributed by atoms with Gasteiger partial charge in [-0.3, -0.25) is 10.1 Å². The molecule has 0 amide bonds. The molecule has 0 aromatic carbocycles. The molecule has 0 spiro atoms. The predicted molar refractivity (Wildman–Crippen MR) is 111 cm³/mol. The zero-order valence-corrected chi connectivity index (χ0v) is 17.4. The first-order chi connectivity index (χ1) is 12.4. The van der Waals surface area contributed by atoms with E-state index in [9.17, 15) is 10.1 Å². The van der Waals surface area contributed by atoms with Crippen LogP contribution in [0.3, 0.4) is 0 Å². The monoisotopic (exact) mass is 399 g/mol. The minimum Gasteiger partial charge on any atom is -0.366 e. The summed E-state index contributed by atoms with van der Waals surface area (Å²) >= 11 is 3.49. The summed E-state index contributed by atoms with van der Waals surface area (Å²) in [5.74, 6) is 2.12. The highest BCUT2D eigenvalue weighted by Crippen LogP contribution is 2.16. The van der Waals surface area contributed by atoms with Crippen LogP contribution in [0.5, 0.6) is 0 Å². The summed E-state index contributed by atoms with van der Waals surface area (Å²) in [6.07, 6.45) is 3.10. The second kappa shape index (κ2) is 12.7. The lowest BCUT2D eigenvalue weighted by molar-refractivity contribution is -0.404. The Kier molecular flexibility index (Phi) is 11.0. The molecule has 2 N–H and O–H groups in total. The van der Waals surface area contributed by atoms with Crippen molar-refractivity contribution in [1.29, 1.82) is 0 Å². The van der Waals surface area contributed by atoms with E-state index in [1.54, 1.807) is 23.1 Å². The number of nitrogens with zero attached hydrogens (tertiary/aromatic N) is 3. The Morgan fingerprint density at radius 2 is 2.27 bits per heavy atom. The van der Waals surface area contributed by atoms with E-state index in [4.69, 9.17) is 0 Å². The number of thiazole rings is 1. The van der Waals surface area contributed by atoms with Crippen LogP contribution < -0.4 is 10.6 Å². The molecule has 1 aromatic heterocycles. The van der Waals surface area contributed by atoms with Crippen molar-refractivity contribution in [3.05, 3.63) is 50.4 Å². The quantitative estimate of drug-likeness (QED) is 0.215. The average Bonchev–Trinajstić information content (AvgIpc) is 2.99. The number of nitro groups is 1. The molecular weight excluding hydrogens is 370 g/mol. The third-order valence-electron chi connectivity index (χ3n) is 3.22. The van der Waals surface area contributed by atoms with E-state index in [-0.39, 0.29) is 0 Å². The maximum Gasteiger partial charge on any atom is 0.274 e. The first-order valence-electron chi connectivity index (χ1n) is 8.50. The largest absolute Gasteiger partial charge is 0.366 e. The van der Waals surface area contributed by atoms with Crippen molar-refractivity contribution >= 4 is 23.1 Å². The summed E-state index contributed by atoms with van der Waals surface area (Å²) in [6.45, 7) is 7.88. The van der Waals surface area contributed by atoms with Crippen LogP contribution in [0.2, 0.25) is 0 Å². The standard InChI is InChI=1S/C17H29N5O2S2/c1-14(2)10-19-16(11-22(23)24)18-7-9-25-12-15-13-26-17(20-15)6-5-8-21(3)4/h11,13,18-19H,1,5-10,12H2,2-4H3. The zero-order chi connectivity index (χ0) is 19.4. The lowest BCUT2D eigenvalue weighted by Crippen LogP contribution is -2.29. The second-order valence-electron chi connectivity index (χ2n) is 6.26. The number of aryl methyl sites for hydroxylation is 1. The summed E-state index contributed by atoms with van der Waals surface area (Å²) in [5, 5.41) is 20.0. The molecule has 26 heavy (non-hydrogen) atoms. The number of hydrogen-bond acceptors (Lipinski definition) is 8. The highest BCUT2D eigenvalue weighted by Gasteiger charge is 2.04. The number of hydrogen-bond donors (Lipinski definition) is 2. The normalized spacial score (nSPS) is 11.6. The van der Waals surface area contributed by atoms with E-state index >= 15 is 0 Å². The zero-order valence-electron chi connectivity index (χ0n) is 15.8. The Morgan fingerprint density at radius 1 is 1.50 bits per heavy atom. The lowest BCUT2D eigenvalue weighted by Gasteiger charge is -2.10. The Morgan fingerprint density at radius 3 is 2.92 bits per heavy atom.